The van der Waals surface area contributed by atoms with Crippen molar-refractivity contribution in [1.82, 2.24) is 0 Å². The van der Waals surface area contributed by atoms with Crippen LogP contribution in [0.4, 0.5) is 11.4 Å². The molecule has 1 aliphatic heterocycles. The maximum atomic E-state index is 11.3. The molecule has 0 radical (unpaired) electrons. The summed E-state index contributed by atoms with van der Waals surface area (Å²) in [6.45, 7) is 0.0256. The SMILES string of the molecule is [O-]N(O)c1cc(NC2CC(O)C(O)CO2)cc(Sc2ccccc2)c1. The summed E-state index contributed by atoms with van der Waals surface area (Å²) in [7, 11) is 0. The molecule has 0 aliphatic carbocycles. The molecule has 2 aromatic carbocycles. The molecule has 3 atom stereocenters. The van der Waals surface area contributed by atoms with Gasteiger partial charge in [0.2, 0.25) is 0 Å². The van der Waals surface area contributed by atoms with E-state index in [1.165, 1.54) is 17.8 Å². The van der Waals surface area contributed by atoms with Crippen LogP contribution in [0.15, 0.2) is 58.3 Å². The van der Waals surface area contributed by atoms with Gasteiger partial charge < -0.3 is 30.7 Å². The van der Waals surface area contributed by atoms with Crippen LogP contribution >= 0.6 is 11.8 Å². The Bertz CT molecular complexity index is 701. The van der Waals surface area contributed by atoms with E-state index in [1.807, 2.05) is 36.4 Å². The number of nitrogens with zero attached hydrogens (tertiary/aromatic N) is 1. The number of nitrogens with one attached hydrogen (secondary N) is 1. The van der Waals surface area contributed by atoms with Crippen LogP contribution in [0.2, 0.25) is 0 Å². The van der Waals surface area contributed by atoms with Gasteiger partial charge in [-0.05, 0) is 30.3 Å². The van der Waals surface area contributed by atoms with Crippen molar-refractivity contribution in [2.75, 3.05) is 17.2 Å². The summed E-state index contributed by atoms with van der Waals surface area (Å²) in [5.41, 5.74) is 0.652. The monoisotopic (exact) mass is 363 g/mol. The van der Waals surface area contributed by atoms with Gasteiger partial charge in [0.15, 0.2) is 0 Å². The lowest BCUT2D eigenvalue weighted by Crippen LogP contribution is -2.44. The van der Waals surface area contributed by atoms with Crippen LogP contribution in [0.5, 0.6) is 0 Å². The van der Waals surface area contributed by atoms with E-state index in [9.17, 15) is 20.6 Å². The van der Waals surface area contributed by atoms with E-state index in [0.29, 0.717) is 5.69 Å². The lowest BCUT2D eigenvalue weighted by molar-refractivity contribution is -0.112. The van der Waals surface area contributed by atoms with Crippen LogP contribution in [-0.4, -0.2) is 40.5 Å². The number of hydrogen-bond donors (Lipinski definition) is 4. The number of aliphatic hydroxyl groups is 2. The molecule has 7 nitrogen and oxygen atoms in total. The van der Waals surface area contributed by atoms with Gasteiger partial charge in [0, 0.05) is 21.9 Å². The number of rotatable bonds is 5. The zero-order valence-corrected chi connectivity index (χ0v) is 14.1. The molecule has 0 aromatic heterocycles. The molecular weight excluding hydrogens is 344 g/mol. The quantitative estimate of drug-likeness (QED) is 0.600. The standard InChI is InChI=1S/C17H19N2O5S/c20-15-9-17(24-10-16(15)21)18-11-6-12(19(22)23)8-14(7-11)25-13-4-2-1-3-5-13/h1-8,15-18,20-22H,9-10H2/q-1. The summed E-state index contributed by atoms with van der Waals surface area (Å²) < 4.78 is 5.44. The third-order valence-corrected chi connectivity index (χ3v) is 4.77. The second-order valence-corrected chi connectivity index (χ2v) is 6.89. The van der Waals surface area contributed by atoms with Crippen LogP contribution < -0.4 is 10.5 Å². The molecule has 1 fully saturated rings. The van der Waals surface area contributed by atoms with E-state index in [1.54, 1.807) is 6.07 Å². The Morgan fingerprint density at radius 3 is 2.52 bits per heavy atom. The number of aliphatic hydroxyl groups excluding tert-OH is 2. The van der Waals surface area contributed by atoms with E-state index in [-0.39, 0.29) is 23.9 Å². The zero-order valence-electron chi connectivity index (χ0n) is 13.3. The highest BCUT2D eigenvalue weighted by Crippen LogP contribution is 2.33. The molecule has 0 amide bonds. The minimum Gasteiger partial charge on any atom is -0.733 e. The molecule has 3 unspecified atom stereocenters. The molecule has 25 heavy (non-hydrogen) atoms. The number of benzene rings is 2. The van der Waals surface area contributed by atoms with Gasteiger partial charge in [-0.25, -0.2) is 0 Å². The molecule has 134 valence electrons. The van der Waals surface area contributed by atoms with Gasteiger partial charge in [0.05, 0.1) is 18.4 Å². The van der Waals surface area contributed by atoms with E-state index in [2.05, 4.69) is 5.32 Å². The molecule has 0 bridgehead atoms. The van der Waals surface area contributed by atoms with Gasteiger partial charge in [0.1, 0.15) is 12.3 Å². The van der Waals surface area contributed by atoms with Crippen molar-refractivity contribution in [3.8, 4) is 0 Å². The highest BCUT2D eigenvalue weighted by Gasteiger charge is 2.28. The summed E-state index contributed by atoms with van der Waals surface area (Å²) in [6, 6.07) is 14.5. The van der Waals surface area contributed by atoms with Crippen molar-refractivity contribution < 1.29 is 20.2 Å². The molecule has 1 saturated heterocycles. The van der Waals surface area contributed by atoms with Crippen molar-refractivity contribution in [2.45, 2.75) is 34.6 Å². The van der Waals surface area contributed by atoms with Gasteiger partial charge in [-0.3, -0.25) is 5.21 Å². The van der Waals surface area contributed by atoms with Crippen LogP contribution in [0.3, 0.4) is 0 Å². The highest BCUT2D eigenvalue weighted by molar-refractivity contribution is 7.99. The normalized spacial score (nSPS) is 23.3. The first kappa shape index (κ1) is 18.0. The molecule has 8 heteroatoms. The largest absolute Gasteiger partial charge is 0.733 e. The zero-order chi connectivity index (χ0) is 17.8. The van der Waals surface area contributed by atoms with E-state index < -0.39 is 18.4 Å². The number of ether oxygens (including phenoxy) is 1. The Kier molecular flexibility index (Phi) is 5.79. The Labute approximate surface area is 149 Å². The van der Waals surface area contributed by atoms with Gasteiger partial charge in [-0.1, -0.05) is 30.0 Å². The van der Waals surface area contributed by atoms with Crippen LogP contribution in [-0.2, 0) is 4.74 Å². The fraction of sp³-hybridized carbons (Fsp3) is 0.294. The van der Waals surface area contributed by atoms with Crippen molar-refractivity contribution in [3.05, 3.63) is 53.7 Å². The van der Waals surface area contributed by atoms with Gasteiger partial charge in [0.25, 0.3) is 0 Å². The minimum absolute atomic E-state index is 0.0256. The molecule has 3 rings (SSSR count). The number of hydrogen-bond acceptors (Lipinski definition) is 8. The molecule has 4 N–H and O–H groups in total. The Morgan fingerprint density at radius 1 is 1.08 bits per heavy atom. The average molecular weight is 363 g/mol. The third kappa shape index (κ3) is 4.85. The Balaban J connectivity index is 1.78. The molecule has 1 heterocycles. The lowest BCUT2D eigenvalue weighted by atomic mass is 10.1. The van der Waals surface area contributed by atoms with Gasteiger partial charge in [-0.15, -0.1) is 0 Å². The lowest BCUT2D eigenvalue weighted by Gasteiger charge is -2.32. The van der Waals surface area contributed by atoms with Crippen molar-refractivity contribution in [3.63, 3.8) is 0 Å². The highest BCUT2D eigenvalue weighted by atomic mass is 32.2. The summed E-state index contributed by atoms with van der Waals surface area (Å²) in [5.74, 6) is 0. The smallest absolute Gasteiger partial charge is 0.130 e. The van der Waals surface area contributed by atoms with Crippen LogP contribution in [0, 0.1) is 5.21 Å². The van der Waals surface area contributed by atoms with Crippen molar-refractivity contribution in [2.24, 2.45) is 0 Å². The second-order valence-electron chi connectivity index (χ2n) is 5.74. The van der Waals surface area contributed by atoms with Gasteiger partial charge >= 0.3 is 0 Å². The molecule has 0 spiro atoms. The Morgan fingerprint density at radius 2 is 1.84 bits per heavy atom. The number of anilines is 2. The average Bonchev–Trinajstić information content (AvgIpc) is 2.59. The topological polar surface area (TPSA) is 108 Å². The molecule has 1 aliphatic rings. The molecule has 2 aromatic rings. The van der Waals surface area contributed by atoms with E-state index >= 15 is 0 Å². The first-order valence-corrected chi connectivity index (χ1v) is 8.61. The maximum Gasteiger partial charge on any atom is 0.130 e. The predicted octanol–water partition coefficient (Wildman–Crippen LogP) is 2.41. The predicted molar refractivity (Wildman–Crippen MR) is 94.6 cm³/mol. The summed E-state index contributed by atoms with van der Waals surface area (Å²) in [6.07, 6.45) is -2.06. The van der Waals surface area contributed by atoms with Gasteiger partial charge in [-0.2, -0.15) is 0 Å². The van der Waals surface area contributed by atoms with Crippen molar-refractivity contribution >= 4 is 23.1 Å². The fourth-order valence-corrected chi connectivity index (χ4v) is 3.45. The van der Waals surface area contributed by atoms with E-state index in [0.717, 1.165) is 9.79 Å². The van der Waals surface area contributed by atoms with Crippen molar-refractivity contribution in [1.29, 1.82) is 0 Å². The summed E-state index contributed by atoms with van der Waals surface area (Å²) in [4.78, 5) is 1.76. The summed E-state index contributed by atoms with van der Waals surface area (Å²) in [5, 5.41) is 42.7. The molecule has 0 saturated carbocycles. The summed E-state index contributed by atoms with van der Waals surface area (Å²) >= 11 is 1.45. The second kappa shape index (κ2) is 8.05. The minimum atomic E-state index is -0.900. The third-order valence-electron chi connectivity index (χ3n) is 3.79. The first-order valence-electron chi connectivity index (χ1n) is 7.79. The van der Waals surface area contributed by atoms with E-state index in [4.69, 9.17) is 4.74 Å². The van der Waals surface area contributed by atoms with Crippen LogP contribution in [0.1, 0.15) is 6.42 Å². The van der Waals surface area contributed by atoms with Crippen LogP contribution in [0.25, 0.3) is 0 Å². The maximum absolute atomic E-state index is 11.3. The Hall–Kier alpha value is -1.81. The first-order chi connectivity index (χ1) is 12.0. The molecular formula is C17H19N2O5S-. The fourth-order valence-electron chi connectivity index (χ4n) is 2.52.